The molecule has 1 rings (SSSR count). The molecule has 0 saturated heterocycles. The molecule has 0 unspecified atom stereocenters. The van der Waals surface area contributed by atoms with E-state index in [0.29, 0.717) is 13.0 Å². The van der Waals surface area contributed by atoms with E-state index in [4.69, 9.17) is 5.73 Å². The van der Waals surface area contributed by atoms with Crippen LogP contribution in [0.5, 0.6) is 0 Å². The number of hydrogen-bond donors (Lipinski definition) is 1. The third-order valence-corrected chi connectivity index (χ3v) is 2.69. The van der Waals surface area contributed by atoms with Gasteiger partial charge in [-0.05, 0) is 24.6 Å². The standard InChI is InChI=1S/C13H17FN2O3/c1-16(7-3-4-12(17)19-2)13(18)10-8-9(14)5-6-11(10)15/h5-6,8H,3-4,7,15H2,1-2H3. The number of hydrogen-bond acceptors (Lipinski definition) is 4. The Morgan fingerprint density at radius 3 is 2.74 bits per heavy atom. The van der Waals surface area contributed by atoms with Gasteiger partial charge in [0.15, 0.2) is 0 Å². The monoisotopic (exact) mass is 268 g/mol. The van der Waals surface area contributed by atoms with Gasteiger partial charge in [-0.25, -0.2) is 4.39 Å². The number of halogens is 1. The first-order valence-electron chi connectivity index (χ1n) is 5.83. The maximum atomic E-state index is 13.1. The number of amides is 1. The first-order valence-corrected chi connectivity index (χ1v) is 5.83. The molecule has 0 fully saturated rings. The third-order valence-electron chi connectivity index (χ3n) is 2.69. The SMILES string of the molecule is COC(=O)CCCN(C)C(=O)c1cc(F)ccc1N. The highest BCUT2D eigenvalue weighted by Crippen LogP contribution is 2.15. The van der Waals surface area contributed by atoms with Gasteiger partial charge in [0.1, 0.15) is 5.82 Å². The Hall–Kier alpha value is -2.11. The van der Waals surface area contributed by atoms with Crippen LogP contribution < -0.4 is 5.73 Å². The van der Waals surface area contributed by atoms with Crippen molar-refractivity contribution in [3.8, 4) is 0 Å². The minimum atomic E-state index is -0.513. The lowest BCUT2D eigenvalue weighted by Crippen LogP contribution is -2.29. The summed E-state index contributed by atoms with van der Waals surface area (Å²) in [5.74, 6) is -1.21. The largest absolute Gasteiger partial charge is 0.469 e. The topological polar surface area (TPSA) is 72.6 Å². The number of carbonyl (C=O) groups excluding carboxylic acids is 2. The van der Waals surface area contributed by atoms with E-state index in [-0.39, 0.29) is 29.5 Å². The highest BCUT2D eigenvalue weighted by atomic mass is 19.1. The van der Waals surface area contributed by atoms with Crippen molar-refractivity contribution in [1.82, 2.24) is 4.90 Å². The first-order chi connectivity index (χ1) is 8.95. The van der Waals surface area contributed by atoms with Crippen LogP contribution in [0, 0.1) is 5.82 Å². The number of nitrogens with two attached hydrogens (primary N) is 1. The second-order valence-electron chi connectivity index (χ2n) is 4.14. The Morgan fingerprint density at radius 1 is 1.42 bits per heavy atom. The van der Waals surface area contributed by atoms with Gasteiger partial charge in [-0.3, -0.25) is 9.59 Å². The lowest BCUT2D eigenvalue weighted by atomic mass is 10.1. The number of esters is 1. The van der Waals surface area contributed by atoms with E-state index >= 15 is 0 Å². The number of rotatable bonds is 5. The number of carbonyl (C=O) groups is 2. The Labute approximate surface area is 111 Å². The van der Waals surface area contributed by atoms with Gasteiger partial charge in [-0.1, -0.05) is 0 Å². The molecule has 0 aliphatic heterocycles. The summed E-state index contributed by atoms with van der Waals surface area (Å²) in [4.78, 5) is 24.4. The second kappa shape index (κ2) is 6.72. The summed E-state index contributed by atoms with van der Waals surface area (Å²) in [5, 5.41) is 0. The van der Waals surface area contributed by atoms with Crippen molar-refractivity contribution in [2.45, 2.75) is 12.8 Å². The summed E-state index contributed by atoms with van der Waals surface area (Å²) in [6.07, 6.45) is 0.705. The van der Waals surface area contributed by atoms with E-state index in [2.05, 4.69) is 4.74 Å². The van der Waals surface area contributed by atoms with E-state index in [1.54, 1.807) is 7.05 Å². The van der Waals surface area contributed by atoms with Gasteiger partial charge in [-0.15, -0.1) is 0 Å². The van der Waals surface area contributed by atoms with Crippen molar-refractivity contribution in [2.75, 3.05) is 26.4 Å². The van der Waals surface area contributed by atoms with Crippen LogP contribution >= 0.6 is 0 Å². The Bertz CT molecular complexity index is 477. The number of methoxy groups -OCH3 is 1. The van der Waals surface area contributed by atoms with Crippen LogP contribution in [0.25, 0.3) is 0 Å². The molecular weight excluding hydrogens is 251 g/mol. The van der Waals surface area contributed by atoms with E-state index in [0.717, 1.165) is 6.07 Å². The van der Waals surface area contributed by atoms with Gasteiger partial charge in [0.05, 0.1) is 12.7 Å². The Kier molecular flexibility index (Phi) is 5.29. The number of anilines is 1. The second-order valence-corrected chi connectivity index (χ2v) is 4.14. The van der Waals surface area contributed by atoms with Gasteiger partial charge in [-0.2, -0.15) is 0 Å². The highest BCUT2D eigenvalue weighted by molar-refractivity contribution is 5.98. The molecule has 0 aliphatic rings. The molecule has 1 aromatic rings. The zero-order valence-electron chi connectivity index (χ0n) is 11.0. The van der Waals surface area contributed by atoms with E-state index in [9.17, 15) is 14.0 Å². The first kappa shape index (κ1) is 14.9. The fourth-order valence-corrected chi connectivity index (χ4v) is 1.58. The summed E-state index contributed by atoms with van der Waals surface area (Å²) >= 11 is 0. The minimum Gasteiger partial charge on any atom is -0.469 e. The van der Waals surface area contributed by atoms with E-state index in [1.165, 1.54) is 24.1 Å². The van der Waals surface area contributed by atoms with Gasteiger partial charge >= 0.3 is 5.97 Å². The highest BCUT2D eigenvalue weighted by Gasteiger charge is 2.15. The molecule has 6 heteroatoms. The van der Waals surface area contributed by atoms with Gasteiger partial charge in [0.2, 0.25) is 0 Å². The fourth-order valence-electron chi connectivity index (χ4n) is 1.58. The van der Waals surface area contributed by atoms with Crippen LogP contribution in [-0.4, -0.2) is 37.5 Å². The number of ether oxygens (including phenoxy) is 1. The van der Waals surface area contributed by atoms with E-state index < -0.39 is 5.82 Å². The van der Waals surface area contributed by atoms with Crippen molar-refractivity contribution < 1.29 is 18.7 Å². The van der Waals surface area contributed by atoms with Crippen LogP contribution in [-0.2, 0) is 9.53 Å². The summed E-state index contributed by atoms with van der Waals surface area (Å²) in [5.41, 5.74) is 5.99. The average Bonchev–Trinajstić information content (AvgIpc) is 2.40. The molecule has 0 saturated carbocycles. The molecule has 0 aromatic heterocycles. The summed E-state index contributed by atoms with van der Waals surface area (Å²) in [6.45, 7) is 0.365. The predicted octanol–water partition coefficient (Wildman–Crippen LogP) is 1.43. The van der Waals surface area contributed by atoms with Crippen molar-refractivity contribution >= 4 is 17.6 Å². The zero-order chi connectivity index (χ0) is 14.4. The van der Waals surface area contributed by atoms with Crippen molar-refractivity contribution in [1.29, 1.82) is 0 Å². The summed E-state index contributed by atoms with van der Waals surface area (Å²) in [7, 11) is 2.88. The normalized spacial score (nSPS) is 10.1. The molecule has 0 spiro atoms. The maximum Gasteiger partial charge on any atom is 0.305 e. The number of nitrogens with zero attached hydrogens (tertiary/aromatic N) is 1. The van der Waals surface area contributed by atoms with Crippen molar-refractivity contribution in [2.24, 2.45) is 0 Å². The quantitative estimate of drug-likeness (QED) is 0.647. The lowest BCUT2D eigenvalue weighted by molar-refractivity contribution is -0.140. The molecule has 1 aromatic carbocycles. The maximum absolute atomic E-state index is 13.1. The summed E-state index contributed by atoms with van der Waals surface area (Å²) < 4.78 is 17.6. The minimum absolute atomic E-state index is 0.126. The van der Waals surface area contributed by atoms with Gasteiger partial charge < -0.3 is 15.4 Å². The lowest BCUT2D eigenvalue weighted by Gasteiger charge is -2.17. The molecule has 5 nitrogen and oxygen atoms in total. The molecule has 0 bridgehead atoms. The smallest absolute Gasteiger partial charge is 0.305 e. The molecule has 0 radical (unpaired) electrons. The Morgan fingerprint density at radius 2 is 2.11 bits per heavy atom. The molecular formula is C13H17FN2O3. The van der Waals surface area contributed by atoms with Crippen LogP contribution in [0.2, 0.25) is 0 Å². The third kappa shape index (κ3) is 4.24. The zero-order valence-corrected chi connectivity index (χ0v) is 11.0. The van der Waals surface area contributed by atoms with E-state index in [1.807, 2.05) is 0 Å². The van der Waals surface area contributed by atoms with Crippen LogP contribution in [0.4, 0.5) is 10.1 Å². The van der Waals surface area contributed by atoms with Gasteiger partial charge in [0.25, 0.3) is 5.91 Å². The van der Waals surface area contributed by atoms with Crippen LogP contribution in [0.3, 0.4) is 0 Å². The summed E-state index contributed by atoms with van der Waals surface area (Å²) in [6, 6.07) is 3.66. The molecule has 0 heterocycles. The molecule has 104 valence electrons. The predicted molar refractivity (Wildman–Crippen MR) is 69.0 cm³/mol. The van der Waals surface area contributed by atoms with Crippen LogP contribution in [0.15, 0.2) is 18.2 Å². The molecule has 1 amide bonds. The Balaban J connectivity index is 2.61. The van der Waals surface area contributed by atoms with Crippen molar-refractivity contribution in [3.63, 3.8) is 0 Å². The molecule has 0 aliphatic carbocycles. The molecule has 19 heavy (non-hydrogen) atoms. The fraction of sp³-hybridized carbons (Fsp3) is 0.385. The van der Waals surface area contributed by atoms with Crippen LogP contribution in [0.1, 0.15) is 23.2 Å². The number of nitrogen functional groups attached to an aromatic ring is 1. The molecule has 0 atom stereocenters. The van der Waals surface area contributed by atoms with Gasteiger partial charge in [0, 0.05) is 25.7 Å². The average molecular weight is 268 g/mol. The number of benzene rings is 1. The molecule has 2 N–H and O–H groups in total. The van der Waals surface area contributed by atoms with Crippen molar-refractivity contribution in [3.05, 3.63) is 29.6 Å².